The molecule has 0 saturated carbocycles. The van der Waals surface area contributed by atoms with Gasteiger partial charge in [0.05, 0.1) is 19.8 Å². The number of anilines is 1. The van der Waals surface area contributed by atoms with Gasteiger partial charge in [-0.1, -0.05) is 25.1 Å². The van der Waals surface area contributed by atoms with Crippen molar-refractivity contribution in [3.8, 4) is 0 Å². The van der Waals surface area contributed by atoms with Crippen molar-refractivity contribution in [2.24, 2.45) is 0 Å². The van der Waals surface area contributed by atoms with Gasteiger partial charge in [-0.25, -0.2) is 0 Å². The number of carbonyl (C=O) groups is 2. The number of hydrogen-bond acceptors (Lipinski definition) is 6. The molecule has 1 saturated heterocycles. The predicted molar refractivity (Wildman–Crippen MR) is 142 cm³/mol. The summed E-state index contributed by atoms with van der Waals surface area (Å²) in [5, 5.41) is 4.99. The van der Waals surface area contributed by atoms with Gasteiger partial charge < -0.3 is 14.5 Å². The summed E-state index contributed by atoms with van der Waals surface area (Å²) in [6.07, 6.45) is 0.885. The number of ether oxygens (including phenoxy) is 1. The lowest BCUT2D eigenvalue weighted by Gasteiger charge is -2.32. The largest absolute Gasteiger partial charge is 0.455 e. The van der Waals surface area contributed by atoms with E-state index in [4.69, 9.17) is 9.15 Å². The molecular formula is C28H35N3O4S. The lowest BCUT2D eigenvalue weighted by molar-refractivity contribution is -0.123. The zero-order valence-electron chi connectivity index (χ0n) is 21.5. The van der Waals surface area contributed by atoms with E-state index in [1.165, 1.54) is 11.3 Å². The Bertz CT molecular complexity index is 1140. The number of amides is 2. The van der Waals surface area contributed by atoms with Crippen molar-refractivity contribution < 1.29 is 18.7 Å². The van der Waals surface area contributed by atoms with Crippen molar-refractivity contribution in [1.29, 1.82) is 0 Å². The molecule has 0 spiro atoms. The molecule has 3 heterocycles. The third-order valence-electron chi connectivity index (χ3n) is 6.01. The Morgan fingerprint density at radius 2 is 1.81 bits per heavy atom. The van der Waals surface area contributed by atoms with E-state index >= 15 is 0 Å². The summed E-state index contributed by atoms with van der Waals surface area (Å²) in [5.41, 5.74) is 1.35. The summed E-state index contributed by atoms with van der Waals surface area (Å²) in [5.74, 6) is 0.337. The maximum Gasteiger partial charge on any atom is 0.295 e. The molecule has 1 fully saturated rings. The molecule has 1 aliphatic rings. The summed E-state index contributed by atoms with van der Waals surface area (Å²) in [6, 6.07) is 14.3. The van der Waals surface area contributed by atoms with Gasteiger partial charge in [0.2, 0.25) is 5.91 Å². The third-order valence-corrected chi connectivity index (χ3v) is 6.94. The molecule has 36 heavy (non-hydrogen) atoms. The first-order valence-electron chi connectivity index (χ1n) is 12.4. The Labute approximate surface area is 217 Å². The SMILES string of the molecule is CCc1ccc(N(C(=O)c2ccc(CN3CCOCC3)o2)C(C(=O)NC(C)(C)C)c2cccs2)cc1. The minimum atomic E-state index is -0.836. The van der Waals surface area contributed by atoms with Crippen LogP contribution in [0.2, 0.25) is 0 Å². The summed E-state index contributed by atoms with van der Waals surface area (Å²) in [6.45, 7) is 11.5. The molecule has 192 valence electrons. The van der Waals surface area contributed by atoms with Crippen LogP contribution in [0.3, 0.4) is 0 Å². The Hall–Kier alpha value is -2.94. The second-order valence-corrected chi connectivity index (χ2v) is 11.0. The predicted octanol–water partition coefficient (Wildman–Crippen LogP) is 5.04. The van der Waals surface area contributed by atoms with Crippen LogP contribution in [0.1, 0.15) is 60.5 Å². The van der Waals surface area contributed by atoms with Gasteiger partial charge in [-0.2, -0.15) is 0 Å². The number of rotatable bonds is 8. The van der Waals surface area contributed by atoms with Gasteiger partial charge in [-0.15, -0.1) is 11.3 Å². The number of morpholine rings is 1. The number of thiophene rings is 1. The molecule has 1 atom stereocenters. The number of hydrogen-bond donors (Lipinski definition) is 1. The molecule has 7 nitrogen and oxygen atoms in total. The van der Waals surface area contributed by atoms with Crippen molar-refractivity contribution in [3.63, 3.8) is 0 Å². The second kappa shape index (κ2) is 11.4. The van der Waals surface area contributed by atoms with E-state index in [1.54, 1.807) is 11.0 Å². The Kier molecular flexibility index (Phi) is 8.28. The molecule has 4 rings (SSSR count). The molecule has 1 aliphatic heterocycles. The number of benzene rings is 1. The smallest absolute Gasteiger partial charge is 0.295 e. The van der Waals surface area contributed by atoms with Gasteiger partial charge in [0.25, 0.3) is 5.91 Å². The maximum absolute atomic E-state index is 14.0. The molecule has 1 unspecified atom stereocenters. The van der Waals surface area contributed by atoms with E-state index < -0.39 is 11.6 Å². The van der Waals surface area contributed by atoms with Crippen LogP contribution in [0, 0.1) is 0 Å². The molecule has 1 N–H and O–H groups in total. The number of nitrogens with zero attached hydrogens (tertiary/aromatic N) is 2. The molecule has 2 amide bonds. The van der Waals surface area contributed by atoms with Gasteiger partial charge in [-0.05, 0) is 68.5 Å². The minimum absolute atomic E-state index is 0.211. The molecular weight excluding hydrogens is 474 g/mol. The standard InChI is InChI=1S/C28H35N3O4S/c1-5-20-8-10-21(11-9-20)31(25(24-7-6-18-36-24)26(32)29-28(2,3)4)27(33)23-13-12-22(35-23)19-30-14-16-34-17-15-30/h6-13,18,25H,5,14-17,19H2,1-4H3,(H,29,32). The summed E-state index contributed by atoms with van der Waals surface area (Å²) in [7, 11) is 0. The second-order valence-electron chi connectivity index (χ2n) is 10.0. The summed E-state index contributed by atoms with van der Waals surface area (Å²) in [4.78, 5) is 32.3. The third kappa shape index (κ3) is 6.43. The molecule has 3 aromatic rings. The lowest BCUT2D eigenvalue weighted by Crippen LogP contribution is -2.49. The van der Waals surface area contributed by atoms with Crippen molar-refractivity contribution in [2.75, 3.05) is 31.2 Å². The van der Waals surface area contributed by atoms with Crippen LogP contribution >= 0.6 is 11.3 Å². The van der Waals surface area contributed by atoms with E-state index in [1.807, 2.05) is 68.6 Å². The monoisotopic (exact) mass is 509 g/mol. The van der Waals surface area contributed by atoms with E-state index in [0.717, 1.165) is 30.0 Å². The zero-order valence-corrected chi connectivity index (χ0v) is 22.3. The molecule has 2 aromatic heterocycles. The minimum Gasteiger partial charge on any atom is -0.455 e. The topological polar surface area (TPSA) is 75.0 Å². The van der Waals surface area contributed by atoms with Gasteiger partial charge in [0, 0.05) is 29.2 Å². The van der Waals surface area contributed by atoms with Crippen LogP contribution in [0.5, 0.6) is 0 Å². The number of nitrogens with one attached hydrogen (secondary N) is 1. The van der Waals surface area contributed by atoms with Crippen LogP contribution in [-0.2, 0) is 22.5 Å². The van der Waals surface area contributed by atoms with Crippen molar-refractivity contribution >= 4 is 28.8 Å². The Morgan fingerprint density at radius 3 is 2.42 bits per heavy atom. The highest BCUT2D eigenvalue weighted by atomic mass is 32.1. The van der Waals surface area contributed by atoms with Crippen molar-refractivity contribution in [1.82, 2.24) is 10.2 Å². The molecule has 0 bridgehead atoms. The van der Waals surface area contributed by atoms with Crippen LogP contribution in [-0.4, -0.2) is 48.6 Å². The number of carbonyl (C=O) groups excluding carboxylic acids is 2. The fourth-order valence-corrected chi connectivity index (χ4v) is 5.02. The fourth-order valence-electron chi connectivity index (χ4n) is 4.21. The van der Waals surface area contributed by atoms with Crippen LogP contribution in [0.4, 0.5) is 5.69 Å². The average Bonchev–Trinajstić information content (AvgIpc) is 3.54. The first-order chi connectivity index (χ1) is 17.2. The van der Waals surface area contributed by atoms with Crippen molar-refractivity contribution in [3.05, 3.63) is 75.9 Å². The summed E-state index contributed by atoms with van der Waals surface area (Å²) >= 11 is 1.45. The van der Waals surface area contributed by atoms with Crippen LogP contribution in [0.25, 0.3) is 0 Å². The van der Waals surface area contributed by atoms with E-state index in [2.05, 4.69) is 17.1 Å². The molecule has 0 aliphatic carbocycles. The van der Waals surface area contributed by atoms with Crippen molar-refractivity contribution in [2.45, 2.75) is 52.2 Å². The normalized spacial score (nSPS) is 15.4. The number of aryl methyl sites for hydroxylation is 1. The first kappa shape index (κ1) is 26.1. The fraction of sp³-hybridized carbons (Fsp3) is 0.429. The lowest BCUT2D eigenvalue weighted by atomic mass is 10.1. The van der Waals surface area contributed by atoms with Gasteiger partial charge in [-0.3, -0.25) is 19.4 Å². The molecule has 0 radical (unpaired) electrons. The Balaban J connectivity index is 1.70. The zero-order chi connectivity index (χ0) is 25.7. The highest BCUT2D eigenvalue weighted by Gasteiger charge is 2.36. The number of furan rings is 1. The highest BCUT2D eigenvalue weighted by Crippen LogP contribution is 2.33. The Morgan fingerprint density at radius 1 is 1.08 bits per heavy atom. The van der Waals surface area contributed by atoms with Gasteiger partial charge in [0.15, 0.2) is 11.8 Å². The molecule has 8 heteroatoms. The molecule has 1 aromatic carbocycles. The first-order valence-corrected chi connectivity index (χ1v) is 13.3. The van der Waals surface area contributed by atoms with Crippen LogP contribution < -0.4 is 10.2 Å². The van der Waals surface area contributed by atoms with E-state index in [-0.39, 0.29) is 17.6 Å². The van der Waals surface area contributed by atoms with Gasteiger partial charge in [0.1, 0.15) is 5.76 Å². The van der Waals surface area contributed by atoms with Gasteiger partial charge >= 0.3 is 0 Å². The van der Waals surface area contributed by atoms with E-state index in [9.17, 15) is 9.59 Å². The average molecular weight is 510 g/mol. The maximum atomic E-state index is 14.0. The quantitative estimate of drug-likeness (QED) is 0.461. The van der Waals surface area contributed by atoms with E-state index in [0.29, 0.717) is 31.2 Å². The van der Waals surface area contributed by atoms with Crippen LogP contribution in [0.15, 0.2) is 58.3 Å². The highest BCUT2D eigenvalue weighted by molar-refractivity contribution is 7.10. The summed E-state index contributed by atoms with van der Waals surface area (Å²) < 4.78 is 11.5.